The fraction of sp³-hybridized carbons (Fsp3) is 0.355. The van der Waals surface area contributed by atoms with Crippen LogP contribution in [0.25, 0.3) is 0 Å². The summed E-state index contributed by atoms with van der Waals surface area (Å²) in [6.45, 7) is 11.5. The zero-order chi connectivity index (χ0) is 28.7. The molecule has 0 aromatic heterocycles. The topological polar surface area (TPSA) is 86.8 Å². The van der Waals surface area contributed by atoms with E-state index in [4.69, 9.17) is 0 Å². The molecule has 8 heteroatoms. The van der Waals surface area contributed by atoms with Crippen molar-refractivity contribution in [3.8, 4) is 0 Å². The first-order chi connectivity index (χ1) is 18.4. The number of hydrogen-bond acceptors (Lipinski definition) is 4. The van der Waals surface area contributed by atoms with Crippen molar-refractivity contribution in [2.75, 3.05) is 17.4 Å². The van der Waals surface area contributed by atoms with Gasteiger partial charge in [0.2, 0.25) is 11.8 Å². The van der Waals surface area contributed by atoms with Crippen molar-refractivity contribution in [3.63, 3.8) is 0 Å². The Hall–Kier alpha value is -3.65. The average molecular weight is 550 g/mol. The van der Waals surface area contributed by atoms with Crippen LogP contribution in [0.4, 0.5) is 5.69 Å². The van der Waals surface area contributed by atoms with Gasteiger partial charge < -0.3 is 10.2 Å². The summed E-state index contributed by atoms with van der Waals surface area (Å²) in [7, 11) is -4.09. The molecule has 39 heavy (non-hydrogen) atoms. The lowest BCUT2D eigenvalue weighted by molar-refractivity contribution is -0.139. The van der Waals surface area contributed by atoms with Crippen LogP contribution in [0.2, 0.25) is 0 Å². The first kappa shape index (κ1) is 29.9. The van der Waals surface area contributed by atoms with E-state index in [1.165, 1.54) is 4.90 Å². The summed E-state index contributed by atoms with van der Waals surface area (Å²) in [6.07, 6.45) is 0.763. The summed E-state index contributed by atoms with van der Waals surface area (Å²) in [4.78, 5) is 28.5. The van der Waals surface area contributed by atoms with Crippen LogP contribution in [-0.2, 0) is 26.2 Å². The lowest BCUT2D eigenvalue weighted by atomic mass is 10.1. The lowest BCUT2D eigenvalue weighted by Gasteiger charge is -2.32. The standard InChI is InChI=1S/C31H39N3O4S/c1-7-17-32-31(36)26(6)33(20-27-10-8-9-23(3)19-27)30(35)21-34(29-16-13-24(4)18-25(29)5)39(37,38)28-14-11-22(2)12-15-28/h8-16,18-19,26H,7,17,20-21H2,1-6H3,(H,32,36). The van der Waals surface area contributed by atoms with Crippen LogP contribution in [0.5, 0.6) is 0 Å². The maximum absolute atomic E-state index is 14.0. The molecule has 0 saturated carbocycles. The van der Waals surface area contributed by atoms with Gasteiger partial charge in [-0.05, 0) is 70.4 Å². The SMILES string of the molecule is CCCNC(=O)C(C)N(Cc1cccc(C)c1)C(=O)CN(c1ccc(C)cc1C)S(=O)(=O)c1ccc(C)cc1. The van der Waals surface area contributed by atoms with Crippen LogP contribution in [0.15, 0.2) is 71.6 Å². The van der Waals surface area contributed by atoms with E-state index >= 15 is 0 Å². The minimum atomic E-state index is -4.09. The van der Waals surface area contributed by atoms with E-state index in [0.717, 1.165) is 38.5 Å². The van der Waals surface area contributed by atoms with Crippen molar-refractivity contribution >= 4 is 27.5 Å². The highest BCUT2D eigenvalue weighted by molar-refractivity contribution is 7.92. The fourth-order valence-electron chi connectivity index (χ4n) is 4.42. The number of sulfonamides is 1. The van der Waals surface area contributed by atoms with Crippen LogP contribution >= 0.6 is 0 Å². The maximum atomic E-state index is 14.0. The Bertz CT molecular complexity index is 1420. The molecule has 3 aromatic rings. The van der Waals surface area contributed by atoms with E-state index in [-0.39, 0.29) is 17.3 Å². The van der Waals surface area contributed by atoms with Crippen molar-refractivity contribution in [3.05, 3.63) is 94.5 Å². The minimum Gasteiger partial charge on any atom is -0.354 e. The molecule has 2 amide bonds. The first-order valence-corrected chi connectivity index (χ1v) is 14.7. The summed E-state index contributed by atoms with van der Waals surface area (Å²) in [5.74, 6) is -0.747. The van der Waals surface area contributed by atoms with Gasteiger partial charge in [-0.3, -0.25) is 13.9 Å². The number of anilines is 1. The van der Waals surface area contributed by atoms with E-state index in [9.17, 15) is 18.0 Å². The van der Waals surface area contributed by atoms with Crippen molar-refractivity contribution in [1.29, 1.82) is 0 Å². The normalized spacial score (nSPS) is 12.1. The smallest absolute Gasteiger partial charge is 0.264 e. The van der Waals surface area contributed by atoms with Crippen LogP contribution in [0.1, 0.15) is 48.1 Å². The van der Waals surface area contributed by atoms with Gasteiger partial charge in [0, 0.05) is 13.1 Å². The number of hydrogen-bond donors (Lipinski definition) is 1. The molecule has 0 aliphatic heterocycles. The number of nitrogens with zero attached hydrogens (tertiary/aromatic N) is 2. The predicted octanol–water partition coefficient (Wildman–Crippen LogP) is 5.06. The highest BCUT2D eigenvalue weighted by Gasteiger charge is 2.33. The number of nitrogens with one attached hydrogen (secondary N) is 1. The van der Waals surface area contributed by atoms with Gasteiger partial charge in [0.25, 0.3) is 10.0 Å². The zero-order valence-electron chi connectivity index (χ0n) is 23.7. The van der Waals surface area contributed by atoms with Gasteiger partial charge in [-0.25, -0.2) is 8.42 Å². The molecule has 0 aliphatic carbocycles. The molecule has 1 unspecified atom stereocenters. The molecule has 3 rings (SSSR count). The molecule has 7 nitrogen and oxygen atoms in total. The third-order valence-corrected chi connectivity index (χ3v) is 8.43. The Morgan fingerprint density at radius 2 is 1.51 bits per heavy atom. The summed E-state index contributed by atoms with van der Waals surface area (Å²) >= 11 is 0. The Kier molecular flexibility index (Phi) is 9.92. The molecule has 3 aromatic carbocycles. The maximum Gasteiger partial charge on any atom is 0.264 e. The summed E-state index contributed by atoms with van der Waals surface area (Å²) in [5, 5.41) is 2.86. The Morgan fingerprint density at radius 1 is 0.872 bits per heavy atom. The Labute approximate surface area is 232 Å². The van der Waals surface area contributed by atoms with Gasteiger partial charge in [-0.15, -0.1) is 0 Å². The van der Waals surface area contributed by atoms with Crippen molar-refractivity contribution in [2.45, 2.75) is 65.4 Å². The molecule has 1 N–H and O–H groups in total. The minimum absolute atomic E-state index is 0.0971. The van der Waals surface area contributed by atoms with E-state index < -0.39 is 28.5 Å². The van der Waals surface area contributed by atoms with Crippen LogP contribution in [0.3, 0.4) is 0 Å². The van der Waals surface area contributed by atoms with Crippen LogP contribution < -0.4 is 9.62 Å². The molecule has 0 spiro atoms. The molecule has 0 heterocycles. The lowest BCUT2D eigenvalue weighted by Crippen LogP contribution is -2.51. The zero-order valence-corrected chi connectivity index (χ0v) is 24.5. The van der Waals surface area contributed by atoms with E-state index in [1.807, 2.05) is 71.0 Å². The molecule has 0 fully saturated rings. The van der Waals surface area contributed by atoms with Gasteiger partial charge in [0.05, 0.1) is 10.6 Å². The number of carbonyl (C=O) groups is 2. The van der Waals surface area contributed by atoms with Crippen LogP contribution in [-0.4, -0.2) is 44.3 Å². The summed E-state index contributed by atoms with van der Waals surface area (Å²) < 4.78 is 29.1. The number of carbonyl (C=O) groups excluding carboxylic acids is 2. The first-order valence-electron chi connectivity index (χ1n) is 13.2. The van der Waals surface area contributed by atoms with Crippen molar-refractivity contribution in [2.24, 2.45) is 0 Å². The van der Waals surface area contributed by atoms with E-state index in [0.29, 0.717) is 12.2 Å². The van der Waals surface area contributed by atoms with Gasteiger partial charge in [0.15, 0.2) is 0 Å². The summed E-state index contributed by atoms with van der Waals surface area (Å²) in [5.41, 5.74) is 4.96. The number of rotatable bonds is 11. The van der Waals surface area contributed by atoms with Crippen molar-refractivity contribution < 1.29 is 18.0 Å². The van der Waals surface area contributed by atoms with Gasteiger partial charge in [-0.1, -0.05) is 72.1 Å². The van der Waals surface area contributed by atoms with Crippen LogP contribution in [0, 0.1) is 27.7 Å². The molecule has 0 saturated heterocycles. The van der Waals surface area contributed by atoms with E-state index in [2.05, 4.69) is 5.32 Å². The highest BCUT2D eigenvalue weighted by atomic mass is 32.2. The quantitative estimate of drug-likeness (QED) is 0.362. The van der Waals surface area contributed by atoms with Crippen molar-refractivity contribution in [1.82, 2.24) is 10.2 Å². The Balaban J connectivity index is 2.05. The number of aryl methyl sites for hydroxylation is 4. The third kappa shape index (κ3) is 7.47. The molecule has 0 aliphatic rings. The second-order valence-electron chi connectivity index (χ2n) is 10.1. The Morgan fingerprint density at radius 3 is 2.13 bits per heavy atom. The highest BCUT2D eigenvalue weighted by Crippen LogP contribution is 2.28. The predicted molar refractivity (Wildman–Crippen MR) is 156 cm³/mol. The van der Waals surface area contributed by atoms with Gasteiger partial charge >= 0.3 is 0 Å². The molecule has 1 atom stereocenters. The molecular formula is C31H39N3O4S. The largest absolute Gasteiger partial charge is 0.354 e. The van der Waals surface area contributed by atoms with E-state index in [1.54, 1.807) is 37.3 Å². The molecule has 0 bridgehead atoms. The molecule has 0 radical (unpaired) electrons. The second-order valence-corrected chi connectivity index (χ2v) is 12.0. The number of benzene rings is 3. The van der Waals surface area contributed by atoms with Gasteiger partial charge in [0.1, 0.15) is 12.6 Å². The average Bonchev–Trinajstić information content (AvgIpc) is 2.89. The second kappa shape index (κ2) is 12.9. The monoisotopic (exact) mass is 549 g/mol. The van der Waals surface area contributed by atoms with Gasteiger partial charge in [-0.2, -0.15) is 0 Å². The number of amides is 2. The third-order valence-electron chi connectivity index (χ3n) is 6.66. The molecular weight excluding hydrogens is 510 g/mol. The summed E-state index contributed by atoms with van der Waals surface area (Å²) in [6, 6.07) is 18.9. The molecule has 208 valence electrons. The fourth-order valence-corrected chi connectivity index (χ4v) is 5.90.